The van der Waals surface area contributed by atoms with Crippen LogP contribution in [0, 0.1) is 20.8 Å². The van der Waals surface area contributed by atoms with E-state index in [0.29, 0.717) is 23.0 Å². The molecule has 2 heterocycles. The number of carboxylic acids is 1. The van der Waals surface area contributed by atoms with Crippen molar-refractivity contribution >= 4 is 5.97 Å². The molecule has 6 heteroatoms. The van der Waals surface area contributed by atoms with Crippen molar-refractivity contribution in [3.8, 4) is 5.82 Å². The van der Waals surface area contributed by atoms with Gasteiger partial charge in [-0.15, -0.1) is 0 Å². The summed E-state index contributed by atoms with van der Waals surface area (Å²) in [6.07, 6.45) is 0.793. The molecule has 0 aliphatic rings. The van der Waals surface area contributed by atoms with Crippen LogP contribution in [0.5, 0.6) is 0 Å². The van der Waals surface area contributed by atoms with Crippen molar-refractivity contribution in [2.24, 2.45) is 0 Å². The van der Waals surface area contributed by atoms with E-state index >= 15 is 0 Å². The van der Waals surface area contributed by atoms with Gasteiger partial charge in [-0.25, -0.2) is 19.4 Å². The maximum atomic E-state index is 11.2. The molecular formula is C13H16N4O2. The predicted molar refractivity (Wildman–Crippen MR) is 69.7 cm³/mol. The molecule has 0 radical (unpaired) electrons. The lowest BCUT2D eigenvalue weighted by molar-refractivity contribution is 0.0695. The highest BCUT2D eigenvalue weighted by molar-refractivity contribution is 5.90. The molecule has 100 valence electrons. The summed E-state index contributed by atoms with van der Waals surface area (Å²) in [5.74, 6) is 0.291. The zero-order valence-corrected chi connectivity index (χ0v) is 11.4. The van der Waals surface area contributed by atoms with E-state index in [2.05, 4.69) is 15.1 Å². The van der Waals surface area contributed by atoms with Crippen LogP contribution in [0.1, 0.15) is 40.2 Å². The summed E-state index contributed by atoms with van der Waals surface area (Å²) in [7, 11) is 0. The average molecular weight is 260 g/mol. The number of rotatable bonds is 3. The lowest BCUT2D eigenvalue weighted by atomic mass is 10.2. The molecular weight excluding hydrogens is 244 g/mol. The van der Waals surface area contributed by atoms with E-state index in [4.69, 9.17) is 0 Å². The largest absolute Gasteiger partial charge is 0.478 e. The number of carbonyl (C=O) groups is 1. The number of aryl methyl sites for hydroxylation is 3. The Morgan fingerprint density at radius 1 is 1.32 bits per heavy atom. The van der Waals surface area contributed by atoms with Crippen LogP contribution in [-0.4, -0.2) is 30.8 Å². The standard InChI is InChI=1S/C13H16N4O2/c1-5-10-6-11(15-9(4)14-10)17-8(3)12(13(18)19)7(2)16-17/h6H,5H2,1-4H3,(H,18,19). The second kappa shape index (κ2) is 4.79. The zero-order chi connectivity index (χ0) is 14.2. The molecule has 2 aromatic rings. The van der Waals surface area contributed by atoms with Crippen molar-refractivity contribution in [1.82, 2.24) is 19.7 Å². The smallest absolute Gasteiger partial charge is 0.339 e. The van der Waals surface area contributed by atoms with E-state index in [0.717, 1.165) is 12.1 Å². The van der Waals surface area contributed by atoms with E-state index in [9.17, 15) is 9.90 Å². The van der Waals surface area contributed by atoms with Crippen LogP contribution in [0.15, 0.2) is 6.07 Å². The zero-order valence-electron chi connectivity index (χ0n) is 11.4. The fourth-order valence-corrected chi connectivity index (χ4v) is 2.08. The van der Waals surface area contributed by atoms with E-state index in [-0.39, 0.29) is 5.56 Å². The minimum atomic E-state index is -0.970. The van der Waals surface area contributed by atoms with Crippen molar-refractivity contribution in [2.75, 3.05) is 0 Å². The van der Waals surface area contributed by atoms with Gasteiger partial charge in [0.05, 0.1) is 11.4 Å². The van der Waals surface area contributed by atoms with Gasteiger partial charge >= 0.3 is 5.97 Å². The highest BCUT2D eigenvalue weighted by atomic mass is 16.4. The Balaban J connectivity index is 2.63. The number of hydrogen-bond acceptors (Lipinski definition) is 4. The normalized spacial score (nSPS) is 10.7. The topological polar surface area (TPSA) is 80.9 Å². The molecule has 6 nitrogen and oxygen atoms in total. The summed E-state index contributed by atoms with van der Waals surface area (Å²) in [4.78, 5) is 19.8. The summed E-state index contributed by atoms with van der Waals surface area (Å²) in [5.41, 5.74) is 2.20. The Morgan fingerprint density at radius 3 is 2.53 bits per heavy atom. The number of hydrogen-bond donors (Lipinski definition) is 1. The monoisotopic (exact) mass is 260 g/mol. The fourth-order valence-electron chi connectivity index (χ4n) is 2.08. The lowest BCUT2D eigenvalue weighted by Crippen LogP contribution is -2.07. The van der Waals surface area contributed by atoms with Crippen LogP contribution in [0.25, 0.3) is 5.82 Å². The second-order valence-corrected chi connectivity index (χ2v) is 4.38. The molecule has 0 spiro atoms. The van der Waals surface area contributed by atoms with Gasteiger partial charge in [0.25, 0.3) is 0 Å². The van der Waals surface area contributed by atoms with Gasteiger partial charge in [-0.1, -0.05) is 6.92 Å². The first-order chi connectivity index (χ1) is 8.93. The minimum absolute atomic E-state index is 0.231. The van der Waals surface area contributed by atoms with Gasteiger partial charge in [-0.05, 0) is 27.2 Å². The van der Waals surface area contributed by atoms with Crippen molar-refractivity contribution in [3.63, 3.8) is 0 Å². The predicted octanol–water partition coefficient (Wildman–Crippen LogP) is 1.85. The third kappa shape index (κ3) is 2.33. The van der Waals surface area contributed by atoms with Gasteiger partial charge in [0.15, 0.2) is 5.82 Å². The first-order valence-corrected chi connectivity index (χ1v) is 6.08. The molecule has 0 amide bonds. The van der Waals surface area contributed by atoms with Gasteiger partial charge in [-0.2, -0.15) is 5.10 Å². The Hall–Kier alpha value is -2.24. The summed E-state index contributed by atoms with van der Waals surface area (Å²) in [6.45, 7) is 7.23. The van der Waals surface area contributed by atoms with Crippen LogP contribution < -0.4 is 0 Å². The molecule has 0 atom stereocenters. The fraction of sp³-hybridized carbons (Fsp3) is 0.385. The van der Waals surface area contributed by atoms with Gasteiger partial charge in [-0.3, -0.25) is 0 Å². The maximum Gasteiger partial charge on any atom is 0.339 e. The van der Waals surface area contributed by atoms with Gasteiger partial charge < -0.3 is 5.11 Å². The molecule has 0 aliphatic heterocycles. The highest BCUT2D eigenvalue weighted by Gasteiger charge is 2.19. The van der Waals surface area contributed by atoms with Crippen LogP contribution in [0.4, 0.5) is 0 Å². The molecule has 0 saturated heterocycles. The van der Waals surface area contributed by atoms with Crippen LogP contribution in [-0.2, 0) is 6.42 Å². The number of aromatic carboxylic acids is 1. The molecule has 0 aliphatic carbocycles. The summed E-state index contributed by atoms with van der Waals surface area (Å²) in [5, 5.41) is 13.4. The Labute approximate surface area is 111 Å². The Morgan fingerprint density at radius 2 is 2.00 bits per heavy atom. The first-order valence-electron chi connectivity index (χ1n) is 6.08. The van der Waals surface area contributed by atoms with E-state index in [1.807, 2.05) is 19.9 Å². The minimum Gasteiger partial charge on any atom is -0.478 e. The molecule has 0 saturated carbocycles. The quantitative estimate of drug-likeness (QED) is 0.910. The number of aromatic nitrogens is 4. The van der Waals surface area contributed by atoms with Crippen molar-refractivity contribution < 1.29 is 9.90 Å². The maximum absolute atomic E-state index is 11.2. The molecule has 19 heavy (non-hydrogen) atoms. The number of carboxylic acid groups (broad SMARTS) is 1. The summed E-state index contributed by atoms with van der Waals surface area (Å²) < 4.78 is 1.56. The van der Waals surface area contributed by atoms with Crippen molar-refractivity contribution in [1.29, 1.82) is 0 Å². The lowest BCUT2D eigenvalue weighted by Gasteiger charge is -2.06. The SMILES string of the molecule is CCc1cc(-n2nc(C)c(C(=O)O)c2C)nc(C)n1. The summed E-state index contributed by atoms with van der Waals surface area (Å²) in [6, 6.07) is 1.83. The molecule has 2 aromatic heterocycles. The molecule has 0 fully saturated rings. The number of nitrogens with zero attached hydrogens (tertiary/aromatic N) is 4. The average Bonchev–Trinajstić information content (AvgIpc) is 2.63. The molecule has 1 N–H and O–H groups in total. The van der Waals surface area contributed by atoms with E-state index < -0.39 is 5.97 Å². The third-order valence-electron chi connectivity index (χ3n) is 2.96. The third-order valence-corrected chi connectivity index (χ3v) is 2.96. The van der Waals surface area contributed by atoms with Gasteiger partial charge in [0.2, 0.25) is 0 Å². The highest BCUT2D eigenvalue weighted by Crippen LogP contribution is 2.17. The van der Waals surface area contributed by atoms with E-state index in [1.165, 1.54) is 0 Å². The second-order valence-electron chi connectivity index (χ2n) is 4.38. The molecule has 0 bridgehead atoms. The van der Waals surface area contributed by atoms with Crippen molar-refractivity contribution in [2.45, 2.75) is 34.1 Å². The molecule has 2 rings (SSSR count). The van der Waals surface area contributed by atoms with Crippen molar-refractivity contribution in [3.05, 3.63) is 34.5 Å². The molecule has 0 unspecified atom stereocenters. The Bertz CT molecular complexity index is 646. The van der Waals surface area contributed by atoms with Gasteiger partial charge in [0.1, 0.15) is 11.4 Å². The van der Waals surface area contributed by atoms with Crippen LogP contribution >= 0.6 is 0 Å². The van der Waals surface area contributed by atoms with Crippen LogP contribution in [0.2, 0.25) is 0 Å². The first kappa shape index (κ1) is 13.2. The Kier molecular flexibility index (Phi) is 3.33. The van der Waals surface area contributed by atoms with E-state index in [1.54, 1.807) is 18.5 Å². The summed E-state index contributed by atoms with van der Waals surface area (Å²) >= 11 is 0. The van der Waals surface area contributed by atoms with Crippen LogP contribution in [0.3, 0.4) is 0 Å². The van der Waals surface area contributed by atoms with Gasteiger partial charge in [0, 0.05) is 11.8 Å². The molecule has 0 aromatic carbocycles.